The molecule has 1 aromatic carbocycles. The maximum absolute atomic E-state index is 13.4. The predicted molar refractivity (Wildman–Crippen MR) is 114 cm³/mol. The Morgan fingerprint density at radius 2 is 1.81 bits per heavy atom. The molecule has 10 heteroatoms. The van der Waals surface area contributed by atoms with Crippen molar-refractivity contribution in [3.8, 4) is 5.75 Å². The van der Waals surface area contributed by atoms with Crippen molar-refractivity contribution in [2.45, 2.75) is 55.3 Å². The van der Waals surface area contributed by atoms with Crippen molar-refractivity contribution in [3.05, 3.63) is 41.8 Å². The zero-order valence-corrected chi connectivity index (χ0v) is 18.5. The monoisotopic (exact) mass is 462 g/mol. The lowest BCUT2D eigenvalue weighted by Crippen LogP contribution is -2.49. The molecule has 1 aromatic heterocycles. The number of anilines is 1. The first-order valence-electron chi connectivity index (χ1n) is 10.0. The fourth-order valence-corrected chi connectivity index (χ4v) is 7.13. The number of imide groups is 1. The molecule has 8 nitrogen and oxygen atoms in total. The zero-order valence-electron chi connectivity index (χ0n) is 16.9. The Bertz CT molecular complexity index is 1090. The van der Waals surface area contributed by atoms with Crippen LogP contribution in [0.25, 0.3) is 0 Å². The average molecular weight is 463 g/mol. The summed E-state index contributed by atoms with van der Waals surface area (Å²) in [5.41, 5.74) is 0.313. The van der Waals surface area contributed by atoms with Gasteiger partial charge in [-0.2, -0.15) is 4.31 Å². The van der Waals surface area contributed by atoms with Gasteiger partial charge >= 0.3 is 5.97 Å². The van der Waals surface area contributed by atoms with Gasteiger partial charge in [-0.05, 0) is 48.6 Å². The number of carbonyl (C=O) groups is 3. The molecule has 1 atom stereocenters. The van der Waals surface area contributed by atoms with Crippen molar-refractivity contribution < 1.29 is 27.5 Å². The van der Waals surface area contributed by atoms with Crippen molar-refractivity contribution in [1.29, 1.82) is 0 Å². The third kappa shape index (κ3) is 4.15. The topological polar surface area (TPSA) is 101 Å². The van der Waals surface area contributed by atoms with Gasteiger partial charge in [0.1, 0.15) is 16.0 Å². The highest BCUT2D eigenvalue weighted by molar-refractivity contribution is 7.91. The number of hydrogen-bond donors (Lipinski definition) is 0. The maximum atomic E-state index is 13.4. The molecule has 0 spiro atoms. The number of hydrogen-bond acceptors (Lipinski definition) is 7. The molecule has 2 aliphatic rings. The first-order valence-corrected chi connectivity index (χ1v) is 12.3. The largest absolute Gasteiger partial charge is 0.427 e. The van der Waals surface area contributed by atoms with Crippen LogP contribution in [0.2, 0.25) is 0 Å². The third-order valence-electron chi connectivity index (χ3n) is 5.50. The first-order chi connectivity index (χ1) is 14.8. The van der Waals surface area contributed by atoms with Crippen LogP contribution < -0.4 is 9.64 Å². The quantitative estimate of drug-likeness (QED) is 0.372. The number of thiophene rings is 1. The summed E-state index contributed by atoms with van der Waals surface area (Å²) in [6, 6.07) is 7.78. The first kappa shape index (κ1) is 21.7. The number of nitrogens with zero attached hydrogens (tertiary/aromatic N) is 2. The molecule has 1 saturated carbocycles. The van der Waals surface area contributed by atoms with Crippen LogP contribution in [0.4, 0.5) is 5.69 Å². The van der Waals surface area contributed by atoms with Gasteiger partial charge in [0.05, 0.1) is 12.1 Å². The summed E-state index contributed by atoms with van der Waals surface area (Å²) in [7, 11) is -3.91. The minimum absolute atomic E-state index is 0.170. The molecule has 164 valence electrons. The van der Waals surface area contributed by atoms with Gasteiger partial charge in [-0.3, -0.25) is 14.4 Å². The van der Waals surface area contributed by atoms with Gasteiger partial charge in [0, 0.05) is 13.0 Å². The van der Waals surface area contributed by atoms with Crippen LogP contribution in [0.3, 0.4) is 0 Å². The highest BCUT2D eigenvalue weighted by Gasteiger charge is 2.50. The molecule has 0 N–H and O–H groups in total. The van der Waals surface area contributed by atoms with E-state index in [1.807, 2.05) is 0 Å². The molecule has 2 aromatic rings. The number of esters is 1. The van der Waals surface area contributed by atoms with Crippen LogP contribution in [0.1, 0.15) is 39.0 Å². The van der Waals surface area contributed by atoms with E-state index in [9.17, 15) is 22.8 Å². The highest BCUT2D eigenvalue weighted by atomic mass is 32.2. The van der Waals surface area contributed by atoms with Crippen molar-refractivity contribution in [2.24, 2.45) is 0 Å². The maximum Gasteiger partial charge on any atom is 0.308 e. The van der Waals surface area contributed by atoms with Gasteiger partial charge in [-0.1, -0.05) is 18.9 Å². The van der Waals surface area contributed by atoms with E-state index < -0.39 is 33.8 Å². The van der Waals surface area contributed by atoms with E-state index >= 15 is 0 Å². The summed E-state index contributed by atoms with van der Waals surface area (Å²) in [4.78, 5) is 38.2. The summed E-state index contributed by atoms with van der Waals surface area (Å²) < 4.78 is 33.3. The van der Waals surface area contributed by atoms with Gasteiger partial charge in [0.25, 0.3) is 15.9 Å². The number of benzene rings is 1. The number of ether oxygens (including phenoxy) is 1. The minimum atomic E-state index is -3.91. The molecule has 31 heavy (non-hydrogen) atoms. The molecule has 1 unspecified atom stereocenters. The smallest absolute Gasteiger partial charge is 0.308 e. The van der Waals surface area contributed by atoms with Crippen molar-refractivity contribution in [2.75, 3.05) is 4.90 Å². The molecular weight excluding hydrogens is 440 g/mol. The van der Waals surface area contributed by atoms with Crippen LogP contribution >= 0.6 is 11.3 Å². The summed E-state index contributed by atoms with van der Waals surface area (Å²) in [6.45, 7) is 1.28. The van der Waals surface area contributed by atoms with Crippen LogP contribution in [-0.4, -0.2) is 42.6 Å². The van der Waals surface area contributed by atoms with Gasteiger partial charge in [-0.25, -0.2) is 13.3 Å². The number of rotatable bonds is 6. The summed E-state index contributed by atoms with van der Waals surface area (Å²) in [5.74, 6) is -1.20. The molecule has 2 amide bonds. The predicted octanol–water partition coefficient (Wildman–Crippen LogP) is 2.94. The normalized spacial score (nSPS) is 20.1. The Kier molecular flexibility index (Phi) is 5.96. The molecule has 4 rings (SSSR count). The van der Waals surface area contributed by atoms with Crippen molar-refractivity contribution in [3.63, 3.8) is 0 Å². The molecule has 2 fully saturated rings. The second-order valence-electron chi connectivity index (χ2n) is 7.58. The van der Waals surface area contributed by atoms with E-state index in [1.165, 1.54) is 41.6 Å². The van der Waals surface area contributed by atoms with E-state index in [0.717, 1.165) is 29.1 Å². The Labute approximate surface area is 184 Å². The second kappa shape index (κ2) is 8.52. The van der Waals surface area contributed by atoms with E-state index in [2.05, 4.69) is 0 Å². The lowest BCUT2D eigenvalue weighted by atomic mass is 10.2. The standard InChI is InChI=1S/C21H22N2O6S2/c1-14(24)29-17-10-8-15(9-11-17)22-19(25)13-18(21(22)26)23(16-5-2-3-6-16)31(27,28)20-7-4-12-30-20/h4,7-12,16,18H,2-3,5-6,13H2,1H3. The lowest BCUT2D eigenvalue weighted by Gasteiger charge is -2.31. The number of sulfonamides is 1. The minimum Gasteiger partial charge on any atom is -0.427 e. The average Bonchev–Trinajstić information content (AvgIpc) is 3.46. The Hall–Kier alpha value is -2.56. The summed E-state index contributed by atoms with van der Waals surface area (Å²) >= 11 is 1.10. The van der Waals surface area contributed by atoms with E-state index in [1.54, 1.807) is 11.4 Å². The van der Waals surface area contributed by atoms with Gasteiger partial charge in [0.15, 0.2) is 0 Å². The fraction of sp³-hybridized carbons (Fsp3) is 0.381. The van der Waals surface area contributed by atoms with Gasteiger partial charge < -0.3 is 4.74 Å². The third-order valence-corrected chi connectivity index (χ3v) is 8.83. The Morgan fingerprint density at radius 1 is 1.13 bits per heavy atom. The highest BCUT2D eigenvalue weighted by Crippen LogP contribution is 2.36. The summed E-state index contributed by atoms with van der Waals surface area (Å²) in [6.07, 6.45) is 2.90. The molecule has 1 aliphatic heterocycles. The zero-order chi connectivity index (χ0) is 22.2. The van der Waals surface area contributed by atoms with Crippen LogP contribution in [0.15, 0.2) is 46.0 Å². The van der Waals surface area contributed by atoms with E-state index in [-0.39, 0.29) is 16.7 Å². The molecule has 1 aliphatic carbocycles. The molecule has 1 saturated heterocycles. The number of carbonyl (C=O) groups excluding carboxylic acids is 3. The second-order valence-corrected chi connectivity index (χ2v) is 10.6. The Morgan fingerprint density at radius 3 is 2.39 bits per heavy atom. The van der Waals surface area contributed by atoms with Crippen LogP contribution in [-0.2, 0) is 24.4 Å². The van der Waals surface area contributed by atoms with E-state index in [0.29, 0.717) is 24.3 Å². The molecule has 2 heterocycles. The van der Waals surface area contributed by atoms with E-state index in [4.69, 9.17) is 4.74 Å². The van der Waals surface area contributed by atoms with Crippen LogP contribution in [0.5, 0.6) is 5.75 Å². The van der Waals surface area contributed by atoms with Crippen molar-refractivity contribution >= 4 is 44.8 Å². The SMILES string of the molecule is CC(=O)Oc1ccc(N2C(=O)CC(N(C3CCCC3)S(=O)(=O)c3cccs3)C2=O)cc1. The van der Waals surface area contributed by atoms with Gasteiger partial charge in [-0.15, -0.1) is 11.3 Å². The Balaban J connectivity index is 1.66. The van der Waals surface area contributed by atoms with Crippen molar-refractivity contribution in [1.82, 2.24) is 4.31 Å². The van der Waals surface area contributed by atoms with Crippen LogP contribution in [0, 0.1) is 0 Å². The lowest BCUT2D eigenvalue weighted by molar-refractivity contribution is -0.132. The molecule has 0 bridgehead atoms. The number of amides is 2. The molecular formula is C21H22N2O6S2. The summed E-state index contributed by atoms with van der Waals surface area (Å²) in [5, 5.41) is 1.68. The molecule has 0 radical (unpaired) electrons. The fourth-order valence-electron chi connectivity index (χ4n) is 4.21. The van der Waals surface area contributed by atoms with Gasteiger partial charge in [0.2, 0.25) is 5.91 Å².